The first kappa shape index (κ1) is 14.9. The molecule has 1 heterocycles. The summed E-state index contributed by atoms with van der Waals surface area (Å²) in [4.78, 5) is 25.9. The highest BCUT2D eigenvalue weighted by atomic mass is 16.5. The number of hydrogen-bond acceptors (Lipinski definition) is 4. The van der Waals surface area contributed by atoms with Gasteiger partial charge in [-0.1, -0.05) is 6.92 Å². The molecular weight excluding hydrogens is 234 g/mol. The number of carbonyl (C=O) groups is 2. The number of hydrogen-bond donors (Lipinski definition) is 2. The maximum atomic E-state index is 12.5. The quantitative estimate of drug-likeness (QED) is 0.700. The highest BCUT2D eigenvalue weighted by Gasteiger charge is 2.40. The van der Waals surface area contributed by atoms with Gasteiger partial charge in [0.05, 0.1) is 18.6 Å². The number of nitrogens with zero attached hydrogens (tertiary/aromatic N) is 1. The predicted octanol–water partition coefficient (Wildman–Crippen LogP) is -0.665. The van der Waals surface area contributed by atoms with E-state index in [1.165, 1.54) is 0 Å². The molecule has 104 valence electrons. The number of amides is 2. The van der Waals surface area contributed by atoms with Crippen LogP contribution >= 0.6 is 0 Å². The summed E-state index contributed by atoms with van der Waals surface area (Å²) >= 11 is 0. The van der Waals surface area contributed by atoms with E-state index in [2.05, 4.69) is 5.32 Å². The molecule has 6 heteroatoms. The molecule has 1 rings (SSSR count). The number of carbonyl (C=O) groups excluding carboxylic acids is 2. The fraction of sp³-hybridized carbons (Fsp3) is 0.833. The Balaban J connectivity index is 2.90. The van der Waals surface area contributed by atoms with Crippen molar-refractivity contribution in [1.82, 2.24) is 10.2 Å². The molecule has 6 nitrogen and oxygen atoms in total. The van der Waals surface area contributed by atoms with E-state index in [0.717, 1.165) is 0 Å². The fourth-order valence-corrected chi connectivity index (χ4v) is 1.96. The average molecular weight is 257 g/mol. The predicted molar refractivity (Wildman–Crippen MR) is 67.8 cm³/mol. The molecule has 1 aliphatic rings. The average Bonchev–Trinajstić information content (AvgIpc) is 2.44. The second kappa shape index (κ2) is 6.15. The monoisotopic (exact) mass is 257 g/mol. The van der Waals surface area contributed by atoms with E-state index in [0.29, 0.717) is 19.6 Å². The van der Waals surface area contributed by atoms with E-state index >= 15 is 0 Å². The van der Waals surface area contributed by atoms with Crippen LogP contribution in [0.3, 0.4) is 0 Å². The fourth-order valence-electron chi connectivity index (χ4n) is 1.96. The maximum absolute atomic E-state index is 12.5. The first-order chi connectivity index (χ1) is 8.50. The summed E-state index contributed by atoms with van der Waals surface area (Å²) in [5.74, 6) is -0.261. The molecule has 1 saturated heterocycles. The van der Waals surface area contributed by atoms with Crippen LogP contribution in [-0.4, -0.2) is 56.1 Å². The third kappa shape index (κ3) is 2.81. The van der Waals surface area contributed by atoms with Crippen molar-refractivity contribution in [2.75, 3.05) is 33.4 Å². The highest BCUT2D eigenvalue weighted by Crippen LogP contribution is 2.25. The second-order valence-corrected chi connectivity index (χ2v) is 4.82. The van der Waals surface area contributed by atoms with Gasteiger partial charge in [0.2, 0.25) is 11.8 Å². The smallest absolute Gasteiger partial charge is 0.244 e. The van der Waals surface area contributed by atoms with Crippen molar-refractivity contribution in [1.29, 1.82) is 0 Å². The third-order valence-electron chi connectivity index (χ3n) is 3.69. The Bertz CT molecular complexity index is 316. The van der Waals surface area contributed by atoms with Gasteiger partial charge in [0.25, 0.3) is 0 Å². The van der Waals surface area contributed by atoms with Gasteiger partial charge >= 0.3 is 0 Å². The molecule has 1 fully saturated rings. The van der Waals surface area contributed by atoms with Crippen molar-refractivity contribution < 1.29 is 14.3 Å². The first-order valence-corrected chi connectivity index (χ1v) is 6.30. The molecule has 0 aromatic carbocycles. The van der Waals surface area contributed by atoms with E-state index in [1.54, 1.807) is 11.9 Å². The third-order valence-corrected chi connectivity index (χ3v) is 3.69. The summed E-state index contributed by atoms with van der Waals surface area (Å²) in [6, 6.07) is -0.548. The van der Waals surface area contributed by atoms with Crippen LogP contribution < -0.4 is 11.1 Å². The van der Waals surface area contributed by atoms with Crippen molar-refractivity contribution in [3.8, 4) is 0 Å². The molecule has 2 atom stereocenters. The summed E-state index contributed by atoms with van der Waals surface area (Å²) in [5.41, 5.74) is 5.09. The van der Waals surface area contributed by atoms with Gasteiger partial charge in [-0.3, -0.25) is 9.59 Å². The molecule has 1 aliphatic heterocycles. The number of rotatable bonds is 4. The van der Waals surface area contributed by atoms with Crippen LogP contribution in [0.25, 0.3) is 0 Å². The van der Waals surface area contributed by atoms with Gasteiger partial charge in [0, 0.05) is 20.1 Å². The molecule has 0 radical (unpaired) electrons. The zero-order valence-corrected chi connectivity index (χ0v) is 11.4. The lowest BCUT2D eigenvalue weighted by molar-refractivity contribution is -0.155. The minimum atomic E-state index is -0.608. The molecule has 18 heavy (non-hydrogen) atoms. The minimum Gasteiger partial charge on any atom is -0.377 e. The second-order valence-electron chi connectivity index (χ2n) is 4.82. The van der Waals surface area contributed by atoms with E-state index in [4.69, 9.17) is 10.5 Å². The van der Waals surface area contributed by atoms with Crippen LogP contribution in [0, 0.1) is 5.41 Å². The standard InChI is InChI=1S/C12H23N3O3/c1-4-12(2,8-13)11(17)15-5-6-18-7-9(15)10(16)14-3/h9H,4-8,13H2,1-3H3,(H,14,16). The van der Waals surface area contributed by atoms with Crippen molar-refractivity contribution in [3.63, 3.8) is 0 Å². The Labute approximate surface area is 108 Å². The normalized spacial score (nSPS) is 23.3. The van der Waals surface area contributed by atoms with E-state index < -0.39 is 11.5 Å². The van der Waals surface area contributed by atoms with Crippen molar-refractivity contribution in [2.24, 2.45) is 11.1 Å². The lowest BCUT2D eigenvalue weighted by atomic mass is 9.85. The van der Waals surface area contributed by atoms with Crippen LogP contribution in [0.15, 0.2) is 0 Å². The minimum absolute atomic E-state index is 0.0654. The summed E-state index contributed by atoms with van der Waals surface area (Å²) in [5, 5.41) is 2.56. The number of likely N-dealkylation sites (N-methyl/N-ethyl adjacent to an activating group) is 1. The number of morpholine rings is 1. The van der Waals surface area contributed by atoms with Gasteiger partial charge < -0.3 is 20.7 Å². The van der Waals surface area contributed by atoms with Gasteiger partial charge in [-0.2, -0.15) is 0 Å². The molecule has 0 saturated carbocycles. The van der Waals surface area contributed by atoms with Gasteiger partial charge in [-0.25, -0.2) is 0 Å². The molecule has 0 aromatic heterocycles. The molecule has 2 unspecified atom stereocenters. The Morgan fingerprint density at radius 2 is 2.22 bits per heavy atom. The van der Waals surface area contributed by atoms with Crippen molar-refractivity contribution in [2.45, 2.75) is 26.3 Å². The molecule has 0 spiro atoms. The van der Waals surface area contributed by atoms with Gasteiger partial charge in [-0.05, 0) is 13.3 Å². The largest absolute Gasteiger partial charge is 0.377 e. The van der Waals surface area contributed by atoms with Gasteiger partial charge in [0.15, 0.2) is 0 Å². The van der Waals surface area contributed by atoms with E-state index in [9.17, 15) is 9.59 Å². The lowest BCUT2D eigenvalue weighted by Crippen LogP contribution is -2.59. The molecule has 3 N–H and O–H groups in total. The Kier molecular flexibility index (Phi) is 5.10. The van der Waals surface area contributed by atoms with Crippen LogP contribution in [0.2, 0.25) is 0 Å². The molecule has 0 aliphatic carbocycles. The lowest BCUT2D eigenvalue weighted by Gasteiger charge is -2.39. The summed E-state index contributed by atoms with van der Waals surface area (Å²) in [6.07, 6.45) is 0.653. The van der Waals surface area contributed by atoms with Crippen LogP contribution in [0.4, 0.5) is 0 Å². The topological polar surface area (TPSA) is 84.7 Å². The van der Waals surface area contributed by atoms with Crippen molar-refractivity contribution in [3.05, 3.63) is 0 Å². The van der Waals surface area contributed by atoms with E-state index in [1.807, 2.05) is 13.8 Å². The zero-order valence-electron chi connectivity index (χ0n) is 11.4. The summed E-state index contributed by atoms with van der Waals surface area (Å²) < 4.78 is 5.28. The number of nitrogens with two attached hydrogens (primary N) is 1. The molecule has 2 amide bonds. The van der Waals surface area contributed by atoms with Gasteiger partial charge in [-0.15, -0.1) is 0 Å². The molecule has 0 bridgehead atoms. The Morgan fingerprint density at radius 1 is 1.56 bits per heavy atom. The van der Waals surface area contributed by atoms with Gasteiger partial charge in [0.1, 0.15) is 6.04 Å². The number of ether oxygens (including phenoxy) is 1. The van der Waals surface area contributed by atoms with Crippen LogP contribution in [-0.2, 0) is 14.3 Å². The Morgan fingerprint density at radius 3 is 2.72 bits per heavy atom. The van der Waals surface area contributed by atoms with Crippen LogP contribution in [0.5, 0.6) is 0 Å². The molecule has 0 aromatic rings. The summed E-state index contributed by atoms with van der Waals surface area (Å²) in [6.45, 7) is 5.19. The number of nitrogens with one attached hydrogen (secondary N) is 1. The van der Waals surface area contributed by atoms with Crippen LogP contribution in [0.1, 0.15) is 20.3 Å². The summed E-state index contributed by atoms with van der Waals surface area (Å²) in [7, 11) is 1.56. The zero-order chi connectivity index (χ0) is 13.8. The maximum Gasteiger partial charge on any atom is 0.244 e. The van der Waals surface area contributed by atoms with E-state index in [-0.39, 0.29) is 25.0 Å². The highest BCUT2D eigenvalue weighted by molar-refractivity contribution is 5.90. The molecular formula is C12H23N3O3. The SMILES string of the molecule is CCC(C)(CN)C(=O)N1CCOCC1C(=O)NC. The Hall–Kier alpha value is -1.14. The first-order valence-electron chi connectivity index (χ1n) is 6.30. The van der Waals surface area contributed by atoms with Crippen molar-refractivity contribution >= 4 is 11.8 Å².